The van der Waals surface area contributed by atoms with Crippen LogP contribution in [0.1, 0.15) is 38.2 Å². The average molecular weight is 519 g/mol. The first-order valence-corrected chi connectivity index (χ1v) is 20.9. The van der Waals surface area contributed by atoms with Crippen molar-refractivity contribution in [2.75, 3.05) is 28.5 Å². The zero-order chi connectivity index (χ0) is 20.1. The molecule has 0 atom stereocenters. The predicted octanol–water partition coefficient (Wildman–Crippen LogP) is 4.79. The molecule has 3 saturated heterocycles. The molecule has 156 valence electrons. The van der Waals surface area contributed by atoms with Crippen molar-refractivity contribution >= 4 is 44.9 Å². The molecule has 3 fully saturated rings. The van der Waals surface area contributed by atoms with E-state index in [-0.39, 0.29) is 0 Å². The molecule has 4 nitrogen and oxygen atoms in total. The number of sulfonamides is 1. The van der Waals surface area contributed by atoms with Crippen molar-refractivity contribution in [1.82, 2.24) is 4.90 Å². The van der Waals surface area contributed by atoms with Gasteiger partial charge in [0.2, 0.25) is 0 Å². The first kappa shape index (κ1) is 20.1. The predicted molar refractivity (Wildman–Crippen MR) is 123 cm³/mol. The second kappa shape index (κ2) is 7.72. The molecule has 2 bridgehead atoms. The molecule has 0 unspecified atom stereocenters. The fraction of sp³-hybridized carbons (Fsp3) is 0.565. The molecule has 4 aliphatic rings. The van der Waals surface area contributed by atoms with Gasteiger partial charge in [-0.2, -0.15) is 0 Å². The summed E-state index contributed by atoms with van der Waals surface area (Å²) in [6, 6.07) is 10.2. The summed E-state index contributed by atoms with van der Waals surface area (Å²) in [6.07, 6.45) is 5.91. The Labute approximate surface area is 179 Å². The number of hydrogen-bond donors (Lipinski definition) is 0. The van der Waals surface area contributed by atoms with E-state index in [0.717, 1.165) is 33.9 Å². The van der Waals surface area contributed by atoms with E-state index in [1.54, 1.807) is 0 Å². The van der Waals surface area contributed by atoms with Gasteiger partial charge in [-0.3, -0.25) is 0 Å². The van der Waals surface area contributed by atoms with Gasteiger partial charge in [-0.25, -0.2) is 0 Å². The molecule has 0 amide bonds. The standard InChI is InChI=1S/C14H14NO2S.C9H18N.Sn/c1-3-5-10-8-9-13-14-11(10)6-4-7-12(14)15(2)18(13,16)17;1-4-7-10(8-5-2)9-6-3;/h4,6-9H,2-3,5H2,1H3;1-9H2;. The Bertz CT molecular complexity index is 1010. The molecule has 6 rings (SSSR count). The van der Waals surface area contributed by atoms with E-state index in [2.05, 4.69) is 30.0 Å². The number of nitrogens with zero attached hydrogens (tertiary/aromatic N) is 2. The van der Waals surface area contributed by atoms with E-state index in [0.29, 0.717) is 4.90 Å². The van der Waals surface area contributed by atoms with Crippen molar-refractivity contribution in [3.05, 3.63) is 35.9 Å². The molecule has 0 aromatic heterocycles. The second-order valence-corrected chi connectivity index (χ2v) is 24.9. The summed E-state index contributed by atoms with van der Waals surface area (Å²) < 4.78 is 34.1. The zero-order valence-electron chi connectivity index (χ0n) is 17.5. The maximum atomic E-state index is 13.7. The molecule has 0 saturated carbocycles. The molecule has 6 heteroatoms. The number of fused-ring (bicyclic) bond motifs is 6. The van der Waals surface area contributed by atoms with Gasteiger partial charge >= 0.3 is 180 Å². The third-order valence-electron chi connectivity index (χ3n) is 7.45. The van der Waals surface area contributed by atoms with Crippen LogP contribution in [0.25, 0.3) is 10.8 Å². The van der Waals surface area contributed by atoms with Crippen LogP contribution >= 0.6 is 0 Å². The van der Waals surface area contributed by atoms with E-state index in [1.807, 2.05) is 16.4 Å². The summed E-state index contributed by atoms with van der Waals surface area (Å²) in [4.78, 5) is 3.18. The second-order valence-electron chi connectivity index (χ2n) is 9.34. The van der Waals surface area contributed by atoms with Crippen molar-refractivity contribution in [2.45, 2.75) is 57.2 Å². The summed E-state index contributed by atoms with van der Waals surface area (Å²) in [5, 5.41) is 2.13. The van der Waals surface area contributed by atoms with Crippen LogP contribution in [0, 0.1) is 0 Å². The number of hydrogen-bond acceptors (Lipinski definition) is 3. The zero-order valence-corrected chi connectivity index (χ0v) is 21.2. The van der Waals surface area contributed by atoms with Gasteiger partial charge in [0.15, 0.2) is 0 Å². The normalized spacial score (nSPS) is 28.3. The Morgan fingerprint density at radius 2 is 1.66 bits per heavy atom. The Morgan fingerprint density at radius 1 is 0.966 bits per heavy atom. The van der Waals surface area contributed by atoms with Crippen molar-refractivity contribution in [2.24, 2.45) is 0 Å². The van der Waals surface area contributed by atoms with Crippen LogP contribution in [-0.2, 0) is 16.4 Å². The summed E-state index contributed by atoms with van der Waals surface area (Å²) >= 11 is -2.55. The van der Waals surface area contributed by atoms with Crippen LogP contribution in [-0.4, -0.2) is 55.9 Å². The number of aryl methyl sites for hydroxylation is 1. The molecular weight excluding hydrogens is 487 g/mol. The van der Waals surface area contributed by atoms with Crippen LogP contribution < -0.4 is 4.31 Å². The topological polar surface area (TPSA) is 40.6 Å². The molecule has 0 N–H and O–H groups in total. The SMILES string of the molecule is CCCc1ccc2c3c(cccc13)N([CH2][Sn]13[CH2]CCN(CC[CH2]1)CC[CH2]3)S2(=O)=O. The van der Waals surface area contributed by atoms with E-state index < -0.39 is 28.4 Å². The molecule has 0 radical (unpaired) electrons. The van der Waals surface area contributed by atoms with Crippen LogP contribution in [0.4, 0.5) is 5.69 Å². The third kappa shape index (κ3) is 3.41. The van der Waals surface area contributed by atoms with E-state index in [9.17, 15) is 8.42 Å². The third-order valence-corrected chi connectivity index (χ3v) is 24.8. The average Bonchev–Trinajstić information content (AvgIpc) is 2.87. The van der Waals surface area contributed by atoms with Gasteiger partial charge in [0.05, 0.1) is 0 Å². The minimum absolute atomic E-state index is 0.550. The van der Waals surface area contributed by atoms with Gasteiger partial charge in [-0.1, -0.05) is 0 Å². The number of benzene rings is 2. The Balaban J connectivity index is 1.58. The Kier molecular flexibility index (Phi) is 5.36. The van der Waals surface area contributed by atoms with Crippen molar-refractivity contribution in [1.29, 1.82) is 0 Å². The monoisotopic (exact) mass is 520 g/mol. The Morgan fingerprint density at radius 3 is 2.31 bits per heavy atom. The fourth-order valence-corrected chi connectivity index (χ4v) is 24.3. The summed E-state index contributed by atoms with van der Waals surface area (Å²) in [7, 11) is -3.42. The molecule has 4 heterocycles. The van der Waals surface area contributed by atoms with Crippen LogP contribution in [0.5, 0.6) is 0 Å². The maximum absolute atomic E-state index is 13.7. The summed E-state index contributed by atoms with van der Waals surface area (Å²) in [5.41, 5.74) is 2.25. The number of anilines is 1. The summed E-state index contributed by atoms with van der Waals surface area (Å²) in [5.74, 6) is 0. The van der Waals surface area contributed by atoms with E-state index in [4.69, 9.17) is 0 Å². The fourth-order valence-electron chi connectivity index (χ4n) is 6.03. The van der Waals surface area contributed by atoms with Crippen molar-refractivity contribution in [3.63, 3.8) is 0 Å². The quantitative estimate of drug-likeness (QED) is 0.546. The van der Waals surface area contributed by atoms with E-state index in [1.165, 1.54) is 57.8 Å². The van der Waals surface area contributed by atoms with Crippen LogP contribution in [0.3, 0.4) is 0 Å². The van der Waals surface area contributed by atoms with Crippen LogP contribution in [0.2, 0.25) is 13.3 Å². The van der Waals surface area contributed by atoms with Gasteiger partial charge in [-0.15, -0.1) is 0 Å². The van der Waals surface area contributed by atoms with Crippen LogP contribution in [0.15, 0.2) is 35.2 Å². The van der Waals surface area contributed by atoms with Gasteiger partial charge in [0.1, 0.15) is 0 Å². The molecule has 2 aromatic rings. The molecule has 4 aliphatic heterocycles. The van der Waals surface area contributed by atoms with Crippen molar-refractivity contribution < 1.29 is 8.42 Å². The minimum atomic E-state index is -3.42. The van der Waals surface area contributed by atoms with Gasteiger partial charge in [0.25, 0.3) is 0 Å². The van der Waals surface area contributed by atoms with E-state index >= 15 is 0 Å². The van der Waals surface area contributed by atoms with Gasteiger partial charge < -0.3 is 0 Å². The van der Waals surface area contributed by atoms with Gasteiger partial charge in [-0.05, 0) is 0 Å². The Hall–Kier alpha value is -0.791. The number of rotatable bonds is 4. The van der Waals surface area contributed by atoms with Gasteiger partial charge in [0, 0.05) is 0 Å². The van der Waals surface area contributed by atoms with Crippen molar-refractivity contribution in [3.8, 4) is 0 Å². The summed E-state index contributed by atoms with van der Waals surface area (Å²) in [6.45, 7) is 5.86. The first-order valence-electron chi connectivity index (χ1n) is 11.3. The molecule has 0 aliphatic carbocycles. The molecular formula is C23H32N2O2SSn. The molecule has 2 aromatic carbocycles. The molecule has 29 heavy (non-hydrogen) atoms. The molecule has 0 spiro atoms. The first-order chi connectivity index (χ1) is 14.0.